The monoisotopic (exact) mass is 516 g/mol. The summed E-state index contributed by atoms with van der Waals surface area (Å²) in [5.41, 5.74) is 0.0570. The number of aliphatic carboxylic acids is 2. The molecule has 14 heteroatoms. The number of pyridine rings is 1. The summed E-state index contributed by atoms with van der Waals surface area (Å²) >= 11 is 0. The summed E-state index contributed by atoms with van der Waals surface area (Å²) in [6.07, 6.45) is -1.87. The molecule has 2 aliphatic heterocycles. The van der Waals surface area contributed by atoms with Gasteiger partial charge in [-0.3, -0.25) is 4.90 Å². The number of carbonyl (C=O) groups is 2. The molecule has 1 aromatic rings. The molecule has 198 valence electrons. The van der Waals surface area contributed by atoms with Crippen LogP contribution in [0.25, 0.3) is 0 Å². The minimum atomic E-state index is -5.08. The van der Waals surface area contributed by atoms with Gasteiger partial charge in [0.1, 0.15) is 6.10 Å². The number of ether oxygens (including phenoxy) is 2. The summed E-state index contributed by atoms with van der Waals surface area (Å²) in [7, 11) is 0. The van der Waals surface area contributed by atoms with Crippen LogP contribution in [0, 0.1) is 5.92 Å². The molecule has 1 aromatic heterocycles. The van der Waals surface area contributed by atoms with Gasteiger partial charge in [0.15, 0.2) is 0 Å². The van der Waals surface area contributed by atoms with Gasteiger partial charge in [0.05, 0.1) is 12.2 Å². The standard InChI is InChI=1S/C17H24N2O2.2C2HF3O2/c1-2-8-18-16(6-1)21-15-7-9-20-17(10-15)12-19(13-17)11-14-4-3-5-14;2*3-2(4,5)1(6)7/h1-2,6,8,14-15H,3-5,7,9-13H2;2*(H,6,7). The van der Waals surface area contributed by atoms with Gasteiger partial charge >= 0.3 is 24.3 Å². The number of alkyl halides is 6. The second-order valence-corrected chi connectivity index (χ2v) is 8.50. The Bertz CT molecular complexity index is 802. The Morgan fingerprint density at radius 2 is 1.63 bits per heavy atom. The van der Waals surface area contributed by atoms with E-state index in [9.17, 15) is 26.3 Å². The second-order valence-electron chi connectivity index (χ2n) is 8.50. The summed E-state index contributed by atoms with van der Waals surface area (Å²) in [5.74, 6) is -3.82. The van der Waals surface area contributed by atoms with Gasteiger partial charge in [0.2, 0.25) is 5.88 Å². The maximum Gasteiger partial charge on any atom is 0.490 e. The molecule has 4 rings (SSSR count). The SMILES string of the molecule is O=C(O)C(F)(F)F.O=C(O)C(F)(F)F.c1ccc(OC2CCOC3(C2)CN(CC2CCC2)C3)nc1. The number of aromatic nitrogens is 1. The molecule has 35 heavy (non-hydrogen) atoms. The quantitative estimate of drug-likeness (QED) is 0.583. The van der Waals surface area contributed by atoms with Crippen LogP contribution in [-0.4, -0.2) is 82.3 Å². The van der Waals surface area contributed by atoms with Gasteiger partial charge in [0.25, 0.3) is 0 Å². The molecule has 0 aromatic carbocycles. The predicted octanol–water partition coefficient (Wildman–Crippen LogP) is 3.76. The zero-order valence-corrected chi connectivity index (χ0v) is 18.5. The topological polar surface area (TPSA) is 109 Å². The fraction of sp³-hybridized carbons (Fsp3) is 0.667. The van der Waals surface area contributed by atoms with Crippen molar-refractivity contribution in [1.82, 2.24) is 9.88 Å². The Labute approximate surface area is 196 Å². The highest BCUT2D eigenvalue weighted by molar-refractivity contribution is 5.73. The van der Waals surface area contributed by atoms with E-state index in [1.165, 1.54) is 25.8 Å². The van der Waals surface area contributed by atoms with Gasteiger partial charge in [-0.25, -0.2) is 14.6 Å². The van der Waals surface area contributed by atoms with Crippen molar-refractivity contribution in [2.24, 2.45) is 5.92 Å². The zero-order valence-electron chi connectivity index (χ0n) is 18.5. The van der Waals surface area contributed by atoms with Crippen LogP contribution in [0.15, 0.2) is 24.4 Å². The first-order valence-corrected chi connectivity index (χ1v) is 10.7. The smallest absolute Gasteiger partial charge is 0.475 e. The molecule has 0 amide bonds. The van der Waals surface area contributed by atoms with Crippen LogP contribution >= 0.6 is 0 Å². The maximum atomic E-state index is 10.6. The van der Waals surface area contributed by atoms with E-state index in [1.54, 1.807) is 6.20 Å². The average Bonchev–Trinajstić information content (AvgIpc) is 2.70. The van der Waals surface area contributed by atoms with Crippen molar-refractivity contribution in [2.45, 2.75) is 56.2 Å². The van der Waals surface area contributed by atoms with E-state index in [2.05, 4.69) is 9.88 Å². The Balaban J connectivity index is 0.000000257. The summed E-state index contributed by atoms with van der Waals surface area (Å²) < 4.78 is 75.6. The van der Waals surface area contributed by atoms with E-state index in [1.807, 2.05) is 18.2 Å². The van der Waals surface area contributed by atoms with Crippen molar-refractivity contribution in [3.05, 3.63) is 24.4 Å². The molecule has 1 spiro atoms. The van der Waals surface area contributed by atoms with Crippen molar-refractivity contribution in [1.29, 1.82) is 0 Å². The first kappa shape index (κ1) is 28.6. The molecule has 3 heterocycles. The molecular weight excluding hydrogens is 490 g/mol. The molecule has 0 radical (unpaired) electrons. The highest BCUT2D eigenvalue weighted by Crippen LogP contribution is 2.37. The lowest BCUT2D eigenvalue weighted by atomic mass is 9.80. The Morgan fingerprint density at radius 3 is 2.06 bits per heavy atom. The fourth-order valence-electron chi connectivity index (χ4n) is 3.83. The van der Waals surface area contributed by atoms with Crippen molar-refractivity contribution >= 4 is 11.9 Å². The number of carboxylic acid groups (broad SMARTS) is 2. The first-order chi connectivity index (χ1) is 16.2. The molecule has 2 N–H and O–H groups in total. The molecule has 8 nitrogen and oxygen atoms in total. The molecule has 0 bridgehead atoms. The number of nitrogens with zero attached hydrogens (tertiary/aromatic N) is 2. The Hall–Kier alpha value is -2.61. The average molecular weight is 516 g/mol. The molecule has 1 unspecified atom stereocenters. The lowest BCUT2D eigenvalue weighted by molar-refractivity contribution is -0.193. The van der Waals surface area contributed by atoms with E-state index in [4.69, 9.17) is 29.3 Å². The molecule has 1 saturated carbocycles. The summed E-state index contributed by atoms with van der Waals surface area (Å²) in [4.78, 5) is 24.6. The van der Waals surface area contributed by atoms with Crippen molar-refractivity contribution in [3.8, 4) is 5.88 Å². The third-order valence-corrected chi connectivity index (χ3v) is 5.62. The van der Waals surface area contributed by atoms with Gasteiger partial charge in [-0.1, -0.05) is 12.5 Å². The van der Waals surface area contributed by atoms with E-state index in [-0.39, 0.29) is 11.7 Å². The molecule has 3 aliphatic rings. The second kappa shape index (κ2) is 11.9. The minimum absolute atomic E-state index is 0.0570. The predicted molar refractivity (Wildman–Crippen MR) is 108 cm³/mol. The number of carboxylic acids is 2. The van der Waals surface area contributed by atoms with E-state index in [0.29, 0.717) is 0 Å². The summed E-state index contributed by atoms with van der Waals surface area (Å²) in [6, 6.07) is 5.83. The van der Waals surface area contributed by atoms with E-state index >= 15 is 0 Å². The van der Waals surface area contributed by atoms with Crippen LogP contribution in [0.2, 0.25) is 0 Å². The highest BCUT2D eigenvalue weighted by Gasteiger charge is 2.48. The molecule has 3 fully saturated rings. The van der Waals surface area contributed by atoms with Crippen LogP contribution in [0.3, 0.4) is 0 Å². The normalized spacial score (nSPS) is 21.8. The van der Waals surface area contributed by atoms with Crippen LogP contribution in [0.1, 0.15) is 32.1 Å². The van der Waals surface area contributed by atoms with Gasteiger partial charge in [0, 0.05) is 44.7 Å². The third kappa shape index (κ3) is 9.51. The van der Waals surface area contributed by atoms with Crippen LogP contribution < -0.4 is 4.74 Å². The largest absolute Gasteiger partial charge is 0.490 e. The molecular formula is C21H26F6N2O6. The highest BCUT2D eigenvalue weighted by atomic mass is 19.4. The lowest BCUT2D eigenvalue weighted by Gasteiger charge is -2.54. The maximum absolute atomic E-state index is 10.6. The van der Waals surface area contributed by atoms with Crippen LogP contribution in [0.5, 0.6) is 5.88 Å². The van der Waals surface area contributed by atoms with E-state index < -0.39 is 24.3 Å². The van der Waals surface area contributed by atoms with Crippen molar-refractivity contribution in [3.63, 3.8) is 0 Å². The molecule has 1 atom stereocenters. The Kier molecular flexibility index (Phi) is 9.72. The zero-order chi connectivity index (χ0) is 26.3. The fourth-order valence-corrected chi connectivity index (χ4v) is 3.83. The van der Waals surface area contributed by atoms with Gasteiger partial charge in [-0.2, -0.15) is 26.3 Å². The number of rotatable bonds is 4. The van der Waals surface area contributed by atoms with Crippen LogP contribution in [-0.2, 0) is 14.3 Å². The van der Waals surface area contributed by atoms with Gasteiger partial charge in [-0.15, -0.1) is 0 Å². The molecule has 2 saturated heterocycles. The Morgan fingerprint density at radius 1 is 1.06 bits per heavy atom. The molecule has 1 aliphatic carbocycles. The van der Waals surface area contributed by atoms with Crippen molar-refractivity contribution < 1.29 is 55.6 Å². The van der Waals surface area contributed by atoms with E-state index in [0.717, 1.165) is 44.3 Å². The lowest BCUT2D eigenvalue weighted by Crippen LogP contribution is -2.66. The van der Waals surface area contributed by atoms with Gasteiger partial charge < -0.3 is 19.7 Å². The number of hydrogen-bond donors (Lipinski definition) is 2. The third-order valence-electron chi connectivity index (χ3n) is 5.62. The number of halogens is 6. The van der Waals surface area contributed by atoms with Crippen LogP contribution in [0.4, 0.5) is 26.3 Å². The number of hydrogen-bond acceptors (Lipinski definition) is 6. The summed E-state index contributed by atoms with van der Waals surface area (Å²) in [6.45, 7) is 4.27. The first-order valence-electron chi connectivity index (χ1n) is 10.7. The summed E-state index contributed by atoms with van der Waals surface area (Å²) in [5, 5.41) is 14.2. The number of likely N-dealkylation sites (tertiary alicyclic amines) is 1. The minimum Gasteiger partial charge on any atom is -0.475 e. The van der Waals surface area contributed by atoms with Gasteiger partial charge in [-0.05, 0) is 24.8 Å². The van der Waals surface area contributed by atoms with Crippen molar-refractivity contribution in [2.75, 3.05) is 26.2 Å².